The van der Waals surface area contributed by atoms with Crippen molar-refractivity contribution >= 4 is 5.91 Å². The molecule has 0 unspecified atom stereocenters. The lowest BCUT2D eigenvalue weighted by atomic mass is 9.95. The van der Waals surface area contributed by atoms with Gasteiger partial charge >= 0.3 is 0 Å². The number of para-hydroxylation sites is 1. The number of hydrogen-bond acceptors (Lipinski definition) is 2. The second kappa shape index (κ2) is 7.12. The van der Waals surface area contributed by atoms with E-state index in [1.165, 1.54) is 5.56 Å². The standard InChI is InChI=1S/C19H23NO2/c1-15-9-7-8-12-17(15)22-14-18(21)20-19(2,3)13-16-10-5-4-6-11-16/h4-12H,13-14H2,1-3H3,(H,20,21). The number of carbonyl (C=O) groups is 1. The Bertz CT molecular complexity index is 620. The molecule has 3 heteroatoms. The van der Waals surface area contributed by atoms with Gasteiger partial charge in [0.1, 0.15) is 5.75 Å². The van der Waals surface area contributed by atoms with Crippen LogP contribution >= 0.6 is 0 Å². The van der Waals surface area contributed by atoms with Crippen LogP contribution in [0.5, 0.6) is 5.75 Å². The molecule has 0 aliphatic rings. The van der Waals surface area contributed by atoms with Crippen molar-refractivity contribution in [2.24, 2.45) is 0 Å². The van der Waals surface area contributed by atoms with Gasteiger partial charge in [0.25, 0.3) is 5.91 Å². The number of hydrogen-bond donors (Lipinski definition) is 1. The molecule has 1 amide bonds. The molecule has 0 atom stereocenters. The van der Waals surface area contributed by atoms with Crippen LogP contribution in [0.4, 0.5) is 0 Å². The molecule has 0 bridgehead atoms. The molecule has 0 fully saturated rings. The minimum atomic E-state index is -0.312. The van der Waals surface area contributed by atoms with Gasteiger partial charge in [0, 0.05) is 5.54 Å². The van der Waals surface area contributed by atoms with E-state index in [4.69, 9.17) is 4.74 Å². The van der Waals surface area contributed by atoms with Crippen molar-refractivity contribution in [3.63, 3.8) is 0 Å². The van der Waals surface area contributed by atoms with E-state index in [0.717, 1.165) is 17.7 Å². The minimum absolute atomic E-state index is 0.0308. The molecule has 0 saturated carbocycles. The summed E-state index contributed by atoms with van der Waals surface area (Å²) in [6, 6.07) is 17.8. The summed E-state index contributed by atoms with van der Waals surface area (Å²) in [4.78, 5) is 12.1. The fourth-order valence-corrected chi connectivity index (χ4v) is 2.43. The van der Waals surface area contributed by atoms with Gasteiger partial charge < -0.3 is 10.1 Å². The van der Waals surface area contributed by atoms with Crippen molar-refractivity contribution in [3.05, 3.63) is 65.7 Å². The van der Waals surface area contributed by atoms with Crippen molar-refractivity contribution in [1.82, 2.24) is 5.32 Å². The Balaban J connectivity index is 1.87. The van der Waals surface area contributed by atoms with Crippen molar-refractivity contribution in [3.8, 4) is 5.75 Å². The average molecular weight is 297 g/mol. The van der Waals surface area contributed by atoms with Crippen LogP contribution < -0.4 is 10.1 Å². The monoisotopic (exact) mass is 297 g/mol. The molecule has 2 aromatic carbocycles. The number of ether oxygens (including phenoxy) is 1. The molecule has 2 aromatic rings. The van der Waals surface area contributed by atoms with Gasteiger partial charge in [-0.3, -0.25) is 4.79 Å². The smallest absolute Gasteiger partial charge is 0.258 e. The lowest BCUT2D eigenvalue weighted by Gasteiger charge is -2.26. The third kappa shape index (κ3) is 4.92. The van der Waals surface area contributed by atoms with Crippen LogP contribution in [0.1, 0.15) is 25.0 Å². The van der Waals surface area contributed by atoms with Gasteiger partial charge in [-0.15, -0.1) is 0 Å². The number of nitrogens with one attached hydrogen (secondary N) is 1. The van der Waals surface area contributed by atoms with E-state index < -0.39 is 0 Å². The Hall–Kier alpha value is -2.29. The molecule has 0 heterocycles. The summed E-state index contributed by atoms with van der Waals surface area (Å²) in [6.45, 7) is 6.03. The lowest BCUT2D eigenvalue weighted by molar-refractivity contribution is -0.124. The van der Waals surface area contributed by atoms with Gasteiger partial charge in [-0.25, -0.2) is 0 Å². The van der Waals surface area contributed by atoms with Crippen LogP contribution in [0.15, 0.2) is 54.6 Å². The normalized spacial score (nSPS) is 11.0. The van der Waals surface area contributed by atoms with Crippen LogP contribution in [0.25, 0.3) is 0 Å². The highest BCUT2D eigenvalue weighted by molar-refractivity contribution is 5.78. The van der Waals surface area contributed by atoms with Gasteiger partial charge in [-0.2, -0.15) is 0 Å². The number of amides is 1. The van der Waals surface area contributed by atoms with E-state index in [9.17, 15) is 4.79 Å². The van der Waals surface area contributed by atoms with Gasteiger partial charge in [0.05, 0.1) is 0 Å². The Labute approximate surface area is 132 Å². The van der Waals surface area contributed by atoms with Gasteiger partial charge in [0.2, 0.25) is 0 Å². The first-order chi connectivity index (χ1) is 10.5. The number of rotatable bonds is 6. The van der Waals surface area contributed by atoms with Crippen LogP contribution in [0.2, 0.25) is 0 Å². The predicted octanol–water partition coefficient (Wildman–Crippen LogP) is 3.51. The van der Waals surface area contributed by atoms with Crippen molar-refractivity contribution in [1.29, 1.82) is 0 Å². The Morgan fingerprint density at radius 1 is 1.05 bits per heavy atom. The molecule has 116 valence electrons. The topological polar surface area (TPSA) is 38.3 Å². The summed E-state index contributed by atoms with van der Waals surface area (Å²) < 4.78 is 5.58. The molecular formula is C19H23NO2. The van der Waals surface area contributed by atoms with Gasteiger partial charge in [-0.1, -0.05) is 48.5 Å². The number of carbonyl (C=O) groups excluding carboxylic acids is 1. The maximum atomic E-state index is 12.1. The summed E-state index contributed by atoms with van der Waals surface area (Å²) in [7, 11) is 0. The molecule has 0 spiro atoms. The molecule has 0 aromatic heterocycles. The molecular weight excluding hydrogens is 274 g/mol. The molecule has 0 saturated heterocycles. The largest absolute Gasteiger partial charge is 0.484 e. The van der Waals surface area contributed by atoms with Crippen LogP contribution in [-0.4, -0.2) is 18.1 Å². The fraction of sp³-hybridized carbons (Fsp3) is 0.316. The van der Waals surface area contributed by atoms with E-state index in [0.29, 0.717) is 0 Å². The van der Waals surface area contributed by atoms with E-state index >= 15 is 0 Å². The molecule has 0 aliphatic carbocycles. The summed E-state index contributed by atoms with van der Waals surface area (Å²) in [6.07, 6.45) is 0.782. The molecule has 22 heavy (non-hydrogen) atoms. The summed E-state index contributed by atoms with van der Waals surface area (Å²) in [5.41, 5.74) is 1.92. The third-order valence-corrected chi connectivity index (χ3v) is 3.42. The maximum Gasteiger partial charge on any atom is 0.258 e. The molecule has 0 radical (unpaired) electrons. The van der Waals surface area contributed by atoms with E-state index in [1.807, 2.05) is 63.2 Å². The average Bonchev–Trinajstić information content (AvgIpc) is 2.46. The number of aryl methyl sites for hydroxylation is 1. The van der Waals surface area contributed by atoms with Crippen molar-refractivity contribution in [2.45, 2.75) is 32.7 Å². The van der Waals surface area contributed by atoms with Crippen LogP contribution in [0.3, 0.4) is 0 Å². The zero-order chi connectivity index (χ0) is 16.0. The second-order valence-corrected chi connectivity index (χ2v) is 6.15. The Morgan fingerprint density at radius 2 is 1.68 bits per heavy atom. The van der Waals surface area contributed by atoms with E-state index in [1.54, 1.807) is 0 Å². The zero-order valence-electron chi connectivity index (χ0n) is 13.4. The minimum Gasteiger partial charge on any atom is -0.484 e. The van der Waals surface area contributed by atoms with E-state index in [-0.39, 0.29) is 18.1 Å². The molecule has 0 aliphatic heterocycles. The SMILES string of the molecule is Cc1ccccc1OCC(=O)NC(C)(C)Cc1ccccc1. The van der Waals surface area contributed by atoms with Crippen LogP contribution in [0, 0.1) is 6.92 Å². The third-order valence-electron chi connectivity index (χ3n) is 3.42. The summed E-state index contributed by atoms with van der Waals surface area (Å²) in [5, 5.41) is 3.03. The van der Waals surface area contributed by atoms with Crippen molar-refractivity contribution in [2.75, 3.05) is 6.61 Å². The highest BCUT2D eigenvalue weighted by Gasteiger charge is 2.21. The molecule has 2 rings (SSSR count). The molecule has 3 nitrogen and oxygen atoms in total. The quantitative estimate of drug-likeness (QED) is 0.886. The first-order valence-electron chi connectivity index (χ1n) is 7.50. The van der Waals surface area contributed by atoms with Crippen molar-refractivity contribution < 1.29 is 9.53 Å². The summed E-state index contributed by atoms with van der Waals surface area (Å²) in [5.74, 6) is 0.641. The zero-order valence-corrected chi connectivity index (χ0v) is 13.4. The Morgan fingerprint density at radius 3 is 2.36 bits per heavy atom. The van der Waals surface area contributed by atoms with E-state index in [2.05, 4.69) is 17.4 Å². The first kappa shape index (κ1) is 16.1. The predicted molar refractivity (Wildman–Crippen MR) is 89.0 cm³/mol. The lowest BCUT2D eigenvalue weighted by Crippen LogP contribution is -2.47. The molecule has 1 N–H and O–H groups in total. The second-order valence-electron chi connectivity index (χ2n) is 6.15. The Kier molecular flexibility index (Phi) is 5.21. The fourth-order valence-electron chi connectivity index (χ4n) is 2.43. The number of benzene rings is 2. The first-order valence-corrected chi connectivity index (χ1v) is 7.50. The highest BCUT2D eigenvalue weighted by Crippen LogP contribution is 2.16. The van der Waals surface area contributed by atoms with Gasteiger partial charge in [-0.05, 0) is 44.4 Å². The van der Waals surface area contributed by atoms with Gasteiger partial charge in [0.15, 0.2) is 6.61 Å². The summed E-state index contributed by atoms with van der Waals surface area (Å²) >= 11 is 0. The van der Waals surface area contributed by atoms with Crippen LogP contribution in [-0.2, 0) is 11.2 Å². The maximum absolute atomic E-state index is 12.1. The highest BCUT2D eigenvalue weighted by atomic mass is 16.5.